The number of sulfonamides is 1. The SMILES string of the molecule is CS(=O)(=O)N(CC(=O)NCCSCc1ccccc1)c1cc(Cl)c(Cl)cc1Cl. The molecule has 0 aromatic heterocycles. The molecule has 2 aromatic carbocycles. The van der Waals surface area contributed by atoms with Gasteiger partial charge < -0.3 is 5.32 Å². The number of amides is 1. The monoisotopic (exact) mass is 480 g/mol. The topological polar surface area (TPSA) is 66.5 Å². The molecule has 2 aromatic rings. The minimum absolute atomic E-state index is 0.0889. The number of anilines is 1. The number of hydrogen-bond donors (Lipinski definition) is 1. The van der Waals surface area contributed by atoms with Gasteiger partial charge in [-0.3, -0.25) is 9.10 Å². The van der Waals surface area contributed by atoms with Crippen LogP contribution in [-0.2, 0) is 20.6 Å². The highest BCUT2D eigenvalue weighted by Gasteiger charge is 2.24. The first kappa shape index (κ1) is 23.2. The zero-order chi connectivity index (χ0) is 20.7. The molecule has 1 N–H and O–H groups in total. The van der Waals surface area contributed by atoms with Gasteiger partial charge in [-0.25, -0.2) is 8.42 Å². The lowest BCUT2D eigenvalue weighted by Crippen LogP contribution is -2.41. The predicted molar refractivity (Wildman–Crippen MR) is 119 cm³/mol. The predicted octanol–water partition coefficient (Wildman–Crippen LogP) is 4.46. The van der Waals surface area contributed by atoms with E-state index in [-0.39, 0.29) is 20.8 Å². The van der Waals surface area contributed by atoms with Crippen molar-refractivity contribution in [3.63, 3.8) is 0 Å². The van der Waals surface area contributed by atoms with E-state index in [1.807, 2.05) is 30.3 Å². The van der Waals surface area contributed by atoms with Crippen LogP contribution in [-0.4, -0.2) is 39.4 Å². The fourth-order valence-electron chi connectivity index (χ4n) is 2.30. The lowest BCUT2D eigenvalue weighted by molar-refractivity contribution is -0.119. The summed E-state index contributed by atoms with van der Waals surface area (Å²) >= 11 is 19.6. The Balaban J connectivity index is 1.92. The van der Waals surface area contributed by atoms with Crippen LogP contribution in [0.2, 0.25) is 15.1 Å². The van der Waals surface area contributed by atoms with Crippen LogP contribution in [0.1, 0.15) is 5.56 Å². The molecule has 1 amide bonds. The van der Waals surface area contributed by atoms with Crippen LogP contribution in [0.4, 0.5) is 5.69 Å². The number of hydrogen-bond acceptors (Lipinski definition) is 4. The van der Waals surface area contributed by atoms with E-state index >= 15 is 0 Å². The summed E-state index contributed by atoms with van der Waals surface area (Å²) in [5, 5.41) is 3.15. The number of nitrogens with zero attached hydrogens (tertiary/aromatic N) is 1. The number of halogens is 3. The van der Waals surface area contributed by atoms with Crippen LogP contribution >= 0.6 is 46.6 Å². The molecule has 0 radical (unpaired) electrons. The Kier molecular flexibility index (Phi) is 8.77. The highest BCUT2D eigenvalue weighted by Crippen LogP contribution is 2.35. The third-order valence-corrected chi connectivity index (χ3v) is 6.81. The number of nitrogens with one attached hydrogen (secondary N) is 1. The van der Waals surface area contributed by atoms with E-state index in [0.29, 0.717) is 12.3 Å². The Hall–Kier alpha value is -1.12. The minimum Gasteiger partial charge on any atom is -0.354 e. The first-order valence-electron chi connectivity index (χ1n) is 8.19. The molecule has 0 fully saturated rings. The van der Waals surface area contributed by atoms with Gasteiger partial charge in [0.2, 0.25) is 15.9 Å². The van der Waals surface area contributed by atoms with E-state index in [1.165, 1.54) is 17.7 Å². The molecule has 28 heavy (non-hydrogen) atoms. The smallest absolute Gasteiger partial charge is 0.240 e. The zero-order valence-corrected chi connectivity index (χ0v) is 18.9. The highest BCUT2D eigenvalue weighted by molar-refractivity contribution is 7.98. The number of carbonyl (C=O) groups excluding carboxylic acids is 1. The Labute approximate surface area is 184 Å². The Morgan fingerprint density at radius 2 is 1.71 bits per heavy atom. The van der Waals surface area contributed by atoms with Gasteiger partial charge in [-0.1, -0.05) is 65.1 Å². The summed E-state index contributed by atoms with van der Waals surface area (Å²) in [5.41, 5.74) is 1.31. The van der Waals surface area contributed by atoms with Crippen LogP contribution in [0.25, 0.3) is 0 Å². The second-order valence-corrected chi connectivity index (χ2v) is 10.1. The summed E-state index contributed by atoms with van der Waals surface area (Å²) in [6.45, 7) is 0.0168. The minimum atomic E-state index is -3.76. The molecule has 0 saturated heterocycles. The van der Waals surface area contributed by atoms with Crippen molar-refractivity contribution in [1.29, 1.82) is 0 Å². The van der Waals surface area contributed by atoms with Crippen molar-refractivity contribution in [1.82, 2.24) is 5.32 Å². The highest BCUT2D eigenvalue weighted by atomic mass is 35.5. The summed E-state index contributed by atoms with van der Waals surface area (Å²) in [6, 6.07) is 12.7. The van der Waals surface area contributed by atoms with Crippen molar-refractivity contribution in [3.05, 3.63) is 63.1 Å². The summed E-state index contributed by atoms with van der Waals surface area (Å²) < 4.78 is 25.2. The van der Waals surface area contributed by atoms with Crippen molar-refractivity contribution in [2.75, 3.05) is 29.4 Å². The lowest BCUT2D eigenvalue weighted by Gasteiger charge is -2.23. The Morgan fingerprint density at radius 3 is 2.36 bits per heavy atom. The first-order valence-corrected chi connectivity index (χ1v) is 12.3. The van der Waals surface area contributed by atoms with Gasteiger partial charge in [0.05, 0.1) is 27.0 Å². The third-order valence-electron chi connectivity index (χ3n) is 3.63. The molecule has 2 rings (SSSR count). The summed E-state index contributed by atoms with van der Waals surface area (Å²) in [6.07, 6.45) is 0.995. The molecule has 0 unspecified atom stereocenters. The standard InChI is InChI=1S/C18H19Cl3N2O3S2/c1-28(25,26)23(17-10-15(20)14(19)9-16(17)21)11-18(24)22-7-8-27-12-13-5-3-2-4-6-13/h2-6,9-10H,7-8,11-12H2,1H3,(H,22,24). The van der Waals surface area contributed by atoms with Gasteiger partial charge in [0.25, 0.3) is 0 Å². The maximum Gasteiger partial charge on any atom is 0.240 e. The van der Waals surface area contributed by atoms with Gasteiger partial charge in [0, 0.05) is 18.1 Å². The fourth-order valence-corrected chi connectivity index (χ4v) is 4.67. The van der Waals surface area contributed by atoms with Crippen LogP contribution in [0, 0.1) is 0 Å². The lowest BCUT2D eigenvalue weighted by atomic mass is 10.2. The zero-order valence-electron chi connectivity index (χ0n) is 15.0. The number of thioether (sulfide) groups is 1. The fraction of sp³-hybridized carbons (Fsp3) is 0.278. The van der Waals surface area contributed by atoms with E-state index in [2.05, 4.69) is 5.32 Å². The van der Waals surface area contributed by atoms with E-state index in [4.69, 9.17) is 34.8 Å². The second-order valence-electron chi connectivity index (χ2n) is 5.88. The summed E-state index contributed by atoms with van der Waals surface area (Å²) in [7, 11) is -3.76. The normalized spacial score (nSPS) is 11.3. The van der Waals surface area contributed by atoms with Gasteiger partial charge in [-0.05, 0) is 17.7 Å². The second kappa shape index (κ2) is 10.6. The van der Waals surface area contributed by atoms with Crippen molar-refractivity contribution >= 4 is 68.2 Å². The van der Waals surface area contributed by atoms with Crippen LogP contribution in [0.3, 0.4) is 0 Å². The molecule has 0 saturated carbocycles. The van der Waals surface area contributed by atoms with E-state index in [1.54, 1.807) is 11.8 Å². The molecule has 152 valence electrons. The molecule has 0 aliphatic heterocycles. The maximum absolute atomic E-state index is 12.2. The number of rotatable bonds is 9. The van der Waals surface area contributed by atoms with Gasteiger partial charge in [0.1, 0.15) is 6.54 Å². The molecule has 10 heteroatoms. The molecule has 0 aliphatic rings. The Bertz CT molecular complexity index is 925. The molecule has 0 atom stereocenters. The quantitative estimate of drug-likeness (QED) is 0.424. The van der Waals surface area contributed by atoms with E-state index < -0.39 is 22.5 Å². The number of carbonyl (C=O) groups is 1. The molecule has 0 aliphatic carbocycles. The van der Waals surface area contributed by atoms with Crippen LogP contribution in [0.15, 0.2) is 42.5 Å². The van der Waals surface area contributed by atoms with Gasteiger partial charge in [0.15, 0.2) is 0 Å². The molecule has 0 spiro atoms. The van der Waals surface area contributed by atoms with Crippen molar-refractivity contribution in [2.45, 2.75) is 5.75 Å². The van der Waals surface area contributed by atoms with E-state index in [0.717, 1.165) is 16.3 Å². The van der Waals surface area contributed by atoms with Gasteiger partial charge in [-0.15, -0.1) is 0 Å². The molecule has 5 nitrogen and oxygen atoms in total. The average molecular weight is 482 g/mol. The van der Waals surface area contributed by atoms with E-state index in [9.17, 15) is 13.2 Å². The molecule has 0 heterocycles. The Morgan fingerprint density at radius 1 is 1.07 bits per heavy atom. The summed E-state index contributed by atoms with van der Waals surface area (Å²) in [4.78, 5) is 12.2. The third kappa shape index (κ3) is 7.04. The van der Waals surface area contributed by atoms with Crippen molar-refractivity contribution in [2.24, 2.45) is 0 Å². The van der Waals surface area contributed by atoms with Crippen LogP contribution in [0.5, 0.6) is 0 Å². The molecule has 0 bridgehead atoms. The maximum atomic E-state index is 12.2. The number of benzene rings is 2. The van der Waals surface area contributed by atoms with Crippen LogP contribution < -0.4 is 9.62 Å². The van der Waals surface area contributed by atoms with Gasteiger partial charge in [-0.2, -0.15) is 11.8 Å². The van der Waals surface area contributed by atoms with Crippen molar-refractivity contribution < 1.29 is 13.2 Å². The molecular formula is C18H19Cl3N2O3S2. The summed E-state index contributed by atoms with van der Waals surface area (Å²) in [5.74, 6) is 1.10. The first-order chi connectivity index (χ1) is 13.2. The van der Waals surface area contributed by atoms with Gasteiger partial charge >= 0.3 is 0 Å². The molecular weight excluding hydrogens is 463 g/mol. The largest absolute Gasteiger partial charge is 0.354 e. The average Bonchev–Trinajstić information content (AvgIpc) is 2.63. The van der Waals surface area contributed by atoms with Crippen molar-refractivity contribution in [3.8, 4) is 0 Å².